The Morgan fingerprint density at radius 2 is 2.00 bits per heavy atom. The summed E-state index contributed by atoms with van der Waals surface area (Å²) in [6, 6.07) is 3.68. The predicted octanol–water partition coefficient (Wildman–Crippen LogP) is 2.73. The number of hydrogen-bond donors (Lipinski definition) is 1. The van der Waals surface area contributed by atoms with E-state index in [4.69, 9.17) is 9.15 Å². The van der Waals surface area contributed by atoms with Crippen molar-refractivity contribution in [2.24, 2.45) is 0 Å². The fraction of sp³-hybridized carbons (Fsp3) is 0.545. The van der Waals surface area contributed by atoms with Crippen molar-refractivity contribution in [3.8, 4) is 5.75 Å². The lowest BCUT2D eigenvalue weighted by Crippen LogP contribution is -2.47. The first kappa shape index (κ1) is 19.0. The van der Waals surface area contributed by atoms with Gasteiger partial charge in [0.25, 0.3) is 5.91 Å². The number of carbonyl (C=O) groups excluding carboxylic acids is 1. The van der Waals surface area contributed by atoms with E-state index in [0.717, 1.165) is 67.0 Å². The molecule has 1 fully saturated rings. The second-order valence-corrected chi connectivity index (χ2v) is 7.83. The summed E-state index contributed by atoms with van der Waals surface area (Å²) in [5, 5.41) is 10.5. The molecule has 1 aliphatic carbocycles. The van der Waals surface area contributed by atoms with Crippen LogP contribution in [0.3, 0.4) is 0 Å². The van der Waals surface area contributed by atoms with Gasteiger partial charge in [0, 0.05) is 23.1 Å². The highest BCUT2D eigenvalue weighted by atomic mass is 16.5. The molecule has 4 rings (SSSR count). The van der Waals surface area contributed by atoms with Crippen molar-refractivity contribution in [1.29, 1.82) is 0 Å². The summed E-state index contributed by atoms with van der Waals surface area (Å²) in [6.45, 7) is 2.41. The van der Waals surface area contributed by atoms with Gasteiger partial charge in [0.15, 0.2) is 6.61 Å². The number of amides is 1. The molecular formula is C22H27NO5. The first-order valence-corrected chi connectivity index (χ1v) is 10.2. The minimum Gasteiger partial charge on any atom is -0.483 e. The summed E-state index contributed by atoms with van der Waals surface area (Å²) < 4.78 is 11.4. The van der Waals surface area contributed by atoms with Crippen molar-refractivity contribution >= 4 is 16.9 Å². The summed E-state index contributed by atoms with van der Waals surface area (Å²) in [6.07, 6.45) is 6.59. The summed E-state index contributed by atoms with van der Waals surface area (Å²) in [4.78, 5) is 26.7. The summed E-state index contributed by atoms with van der Waals surface area (Å²) in [5.41, 5.74) is 2.96. The first-order chi connectivity index (χ1) is 13.6. The largest absolute Gasteiger partial charge is 0.483 e. The molecule has 2 aliphatic rings. The smallest absolute Gasteiger partial charge is 0.339 e. The van der Waals surface area contributed by atoms with Crippen LogP contribution in [0.5, 0.6) is 5.75 Å². The van der Waals surface area contributed by atoms with Gasteiger partial charge in [0.1, 0.15) is 11.3 Å². The SMILES string of the molecule is Cc1c(OCC(=O)N2CCCCC2CO)ccc2c3c(c(=O)oc12)CCCC3. The molecule has 28 heavy (non-hydrogen) atoms. The lowest BCUT2D eigenvalue weighted by atomic mass is 9.90. The lowest BCUT2D eigenvalue weighted by molar-refractivity contribution is -0.138. The zero-order valence-electron chi connectivity index (χ0n) is 16.3. The van der Waals surface area contributed by atoms with Crippen LogP contribution in [0.25, 0.3) is 11.0 Å². The molecule has 6 nitrogen and oxygen atoms in total. The van der Waals surface area contributed by atoms with E-state index in [-0.39, 0.29) is 30.8 Å². The Morgan fingerprint density at radius 3 is 2.79 bits per heavy atom. The number of aliphatic hydroxyl groups excluding tert-OH is 1. The van der Waals surface area contributed by atoms with Gasteiger partial charge in [-0.1, -0.05) is 0 Å². The van der Waals surface area contributed by atoms with Crippen molar-refractivity contribution in [2.75, 3.05) is 19.8 Å². The van der Waals surface area contributed by atoms with Gasteiger partial charge in [-0.3, -0.25) is 4.79 Å². The number of nitrogens with zero attached hydrogens (tertiary/aromatic N) is 1. The van der Waals surface area contributed by atoms with Crippen LogP contribution in [0.2, 0.25) is 0 Å². The van der Waals surface area contributed by atoms with Crippen molar-refractivity contribution in [3.05, 3.63) is 39.2 Å². The highest BCUT2D eigenvalue weighted by Crippen LogP contribution is 2.32. The molecule has 1 N–H and O–H groups in total. The predicted molar refractivity (Wildman–Crippen MR) is 106 cm³/mol. The van der Waals surface area contributed by atoms with Gasteiger partial charge in [-0.15, -0.1) is 0 Å². The van der Waals surface area contributed by atoms with Gasteiger partial charge in [0.05, 0.1) is 12.6 Å². The topological polar surface area (TPSA) is 80.0 Å². The number of benzene rings is 1. The summed E-state index contributed by atoms with van der Waals surface area (Å²) in [5.74, 6) is 0.433. The van der Waals surface area contributed by atoms with Crippen molar-refractivity contribution in [1.82, 2.24) is 4.90 Å². The maximum atomic E-state index is 12.6. The molecule has 2 heterocycles. The molecule has 0 radical (unpaired) electrons. The number of piperidine rings is 1. The summed E-state index contributed by atoms with van der Waals surface area (Å²) >= 11 is 0. The van der Waals surface area contributed by atoms with Crippen LogP contribution in [-0.2, 0) is 17.6 Å². The standard InChI is InChI=1S/C22H27NO5/c1-14-19(27-13-20(25)23-11-5-4-6-15(23)12-24)10-9-17-16-7-2-3-8-18(16)22(26)28-21(14)17/h9-10,15,24H,2-8,11-13H2,1H3. The Kier molecular flexibility index (Phi) is 5.40. The number of rotatable bonds is 4. The van der Waals surface area contributed by atoms with E-state index in [1.165, 1.54) is 0 Å². The van der Waals surface area contributed by atoms with Crippen LogP contribution in [-0.4, -0.2) is 41.7 Å². The minimum atomic E-state index is -0.252. The van der Waals surface area contributed by atoms with E-state index in [0.29, 0.717) is 17.9 Å². The van der Waals surface area contributed by atoms with Crippen LogP contribution in [0, 0.1) is 6.92 Å². The maximum Gasteiger partial charge on any atom is 0.339 e. The molecule has 1 unspecified atom stereocenters. The molecule has 1 atom stereocenters. The normalized spacial score (nSPS) is 19.5. The Balaban J connectivity index is 1.57. The van der Waals surface area contributed by atoms with Crippen LogP contribution in [0.1, 0.15) is 48.8 Å². The number of carbonyl (C=O) groups is 1. The highest BCUT2D eigenvalue weighted by Gasteiger charge is 2.26. The van der Waals surface area contributed by atoms with Gasteiger partial charge in [-0.05, 0) is 69.6 Å². The number of ether oxygens (including phenoxy) is 1. The number of aryl methyl sites for hydroxylation is 2. The minimum absolute atomic E-state index is 0.0169. The van der Waals surface area contributed by atoms with Crippen LogP contribution in [0.4, 0.5) is 0 Å². The molecule has 1 amide bonds. The van der Waals surface area contributed by atoms with Crippen molar-refractivity contribution < 1.29 is 19.1 Å². The molecule has 1 saturated heterocycles. The third-order valence-electron chi connectivity index (χ3n) is 6.10. The molecule has 2 aromatic rings. The molecule has 1 aromatic carbocycles. The van der Waals surface area contributed by atoms with Crippen LogP contribution >= 0.6 is 0 Å². The van der Waals surface area contributed by atoms with Gasteiger partial charge in [-0.2, -0.15) is 0 Å². The fourth-order valence-electron chi connectivity index (χ4n) is 4.52. The zero-order valence-corrected chi connectivity index (χ0v) is 16.3. The zero-order chi connectivity index (χ0) is 19.7. The number of fused-ring (bicyclic) bond motifs is 3. The third kappa shape index (κ3) is 3.41. The molecule has 6 heteroatoms. The maximum absolute atomic E-state index is 12.6. The fourth-order valence-corrected chi connectivity index (χ4v) is 4.52. The van der Waals surface area contributed by atoms with E-state index in [9.17, 15) is 14.7 Å². The number of aliphatic hydroxyl groups is 1. The van der Waals surface area contributed by atoms with Gasteiger partial charge in [-0.25, -0.2) is 4.79 Å². The lowest BCUT2D eigenvalue weighted by Gasteiger charge is -2.34. The second-order valence-electron chi connectivity index (χ2n) is 7.83. The average molecular weight is 385 g/mol. The molecule has 1 aliphatic heterocycles. The second kappa shape index (κ2) is 7.95. The van der Waals surface area contributed by atoms with E-state index in [2.05, 4.69) is 0 Å². The first-order valence-electron chi connectivity index (χ1n) is 10.2. The molecule has 1 aromatic heterocycles. The Hall–Kier alpha value is -2.34. The molecular weight excluding hydrogens is 358 g/mol. The number of likely N-dealkylation sites (tertiary alicyclic amines) is 1. The molecule has 0 bridgehead atoms. The van der Waals surface area contributed by atoms with Crippen LogP contribution in [0.15, 0.2) is 21.3 Å². The highest BCUT2D eigenvalue weighted by molar-refractivity contribution is 5.86. The van der Waals surface area contributed by atoms with Crippen molar-refractivity contribution in [3.63, 3.8) is 0 Å². The summed E-state index contributed by atoms with van der Waals surface area (Å²) in [7, 11) is 0. The Labute approximate surface area is 164 Å². The van der Waals surface area contributed by atoms with Crippen molar-refractivity contribution in [2.45, 2.75) is 57.9 Å². The van der Waals surface area contributed by atoms with E-state index >= 15 is 0 Å². The number of hydrogen-bond acceptors (Lipinski definition) is 5. The monoisotopic (exact) mass is 385 g/mol. The quantitative estimate of drug-likeness (QED) is 0.819. The molecule has 150 valence electrons. The Bertz CT molecular complexity index is 948. The molecule has 0 spiro atoms. The third-order valence-corrected chi connectivity index (χ3v) is 6.10. The van der Waals surface area contributed by atoms with Gasteiger partial charge < -0.3 is 19.2 Å². The van der Waals surface area contributed by atoms with E-state index < -0.39 is 0 Å². The van der Waals surface area contributed by atoms with E-state index in [1.807, 2.05) is 19.1 Å². The van der Waals surface area contributed by atoms with E-state index in [1.54, 1.807) is 4.90 Å². The molecule has 0 saturated carbocycles. The van der Waals surface area contributed by atoms with Gasteiger partial charge >= 0.3 is 5.63 Å². The average Bonchev–Trinajstić information content (AvgIpc) is 2.73. The van der Waals surface area contributed by atoms with Gasteiger partial charge in [0.2, 0.25) is 0 Å². The Morgan fingerprint density at radius 1 is 1.21 bits per heavy atom. The van der Waals surface area contributed by atoms with Crippen LogP contribution < -0.4 is 10.4 Å².